The lowest BCUT2D eigenvalue weighted by molar-refractivity contribution is -0.146. The smallest absolute Gasteiger partial charge is 0.310 e. The van der Waals surface area contributed by atoms with Crippen LogP contribution >= 0.6 is 0 Å². The quantitative estimate of drug-likeness (QED) is 0.377. The van der Waals surface area contributed by atoms with Crippen LogP contribution in [0.4, 0.5) is 0 Å². The summed E-state index contributed by atoms with van der Waals surface area (Å²) < 4.78 is 11.6. The van der Waals surface area contributed by atoms with Gasteiger partial charge in [-0.2, -0.15) is 0 Å². The van der Waals surface area contributed by atoms with E-state index < -0.39 is 8.32 Å². The lowest BCUT2D eigenvalue weighted by Gasteiger charge is -2.38. The summed E-state index contributed by atoms with van der Waals surface area (Å²) in [6.45, 7) is 20.3. The van der Waals surface area contributed by atoms with Crippen molar-refractivity contribution in [2.24, 2.45) is 0 Å². The fourth-order valence-electron chi connectivity index (χ4n) is 1.58. The van der Waals surface area contributed by atoms with Crippen LogP contribution in [0.1, 0.15) is 40.5 Å². The van der Waals surface area contributed by atoms with Crippen LogP contribution in [0.25, 0.3) is 0 Å². The summed E-state index contributed by atoms with van der Waals surface area (Å²) in [4.78, 5) is 11.5. The fraction of sp³-hybridized carbons (Fsp3) is 0.688. The van der Waals surface area contributed by atoms with Crippen molar-refractivity contribution in [1.29, 1.82) is 0 Å². The Morgan fingerprint density at radius 1 is 1.30 bits per heavy atom. The summed E-state index contributed by atoms with van der Waals surface area (Å²) >= 11 is 0. The predicted octanol–water partition coefficient (Wildman–Crippen LogP) is 4.46. The van der Waals surface area contributed by atoms with Crippen molar-refractivity contribution in [1.82, 2.24) is 0 Å². The lowest BCUT2D eigenvalue weighted by atomic mass is 10.2. The first kappa shape index (κ1) is 19.1. The van der Waals surface area contributed by atoms with Gasteiger partial charge in [0.1, 0.15) is 6.10 Å². The highest BCUT2D eigenvalue weighted by molar-refractivity contribution is 6.74. The Bertz CT molecular complexity index is 342. The number of ether oxygens (including phenoxy) is 1. The molecule has 2 atom stereocenters. The molecule has 116 valence electrons. The van der Waals surface area contributed by atoms with Gasteiger partial charge >= 0.3 is 5.97 Å². The molecule has 0 spiro atoms. The van der Waals surface area contributed by atoms with Gasteiger partial charge in [0.2, 0.25) is 0 Å². The number of carbonyl (C=O) groups excluding carboxylic acids is 1. The Labute approximate surface area is 125 Å². The van der Waals surface area contributed by atoms with E-state index in [1.54, 1.807) is 6.08 Å². The first-order chi connectivity index (χ1) is 9.03. The molecule has 0 aromatic rings. The second-order valence-corrected chi connectivity index (χ2v) is 11.4. The molecular formula is C16H30O3Si. The maximum atomic E-state index is 11.5. The summed E-state index contributed by atoms with van der Waals surface area (Å²) in [6, 6.07) is 0. The highest BCUT2D eigenvalue weighted by Gasteiger charge is 2.38. The molecule has 0 aliphatic rings. The molecule has 0 bridgehead atoms. The summed E-state index contributed by atoms with van der Waals surface area (Å²) in [5.74, 6) is -0.274. The maximum absolute atomic E-state index is 11.5. The third kappa shape index (κ3) is 6.53. The molecule has 0 radical (unpaired) electrons. The minimum Gasteiger partial charge on any atom is -0.458 e. The Morgan fingerprint density at radius 3 is 2.25 bits per heavy atom. The maximum Gasteiger partial charge on any atom is 0.310 e. The van der Waals surface area contributed by atoms with Crippen LogP contribution in [0.5, 0.6) is 0 Å². The molecule has 0 saturated carbocycles. The van der Waals surface area contributed by atoms with E-state index in [1.165, 1.54) is 6.08 Å². The van der Waals surface area contributed by atoms with Gasteiger partial charge in [-0.1, -0.05) is 39.5 Å². The molecule has 0 fully saturated rings. The first-order valence-corrected chi connectivity index (χ1v) is 10.0. The lowest BCUT2D eigenvalue weighted by Crippen LogP contribution is -2.44. The van der Waals surface area contributed by atoms with Crippen molar-refractivity contribution in [3.05, 3.63) is 25.3 Å². The number of carbonyl (C=O) groups is 1. The molecule has 0 rings (SSSR count). The Kier molecular flexibility index (Phi) is 7.45. The Morgan fingerprint density at radius 2 is 1.85 bits per heavy atom. The first-order valence-electron chi connectivity index (χ1n) is 7.14. The molecular weight excluding hydrogens is 268 g/mol. The van der Waals surface area contributed by atoms with Crippen molar-refractivity contribution in [3.63, 3.8) is 0 Å². The molecule has 0 aromatic heterocycles. The minimum atomic E-state index is -1.79. The van der Waals surface area contributed by atoms with E-state index in [-0.39, 0.29) is 29.6 Å². The van der Waals surface area contributed by atoms with Gasteiger partial charge in [-0.05, 0) is 25.1 Å². The largest absolute Gasteiger partial charge is 0.458 e. The van der Waals surface area contributed by atoms with Gasteiger partial charge in [0.25, 0.3) is 0 Å². The van der Waals surface area contributed by atoms with Gasteiger partial charge in [-0.3, -0.25) is 4.79 Å². The Balaban J connectivity index is 4.49. The van der Waals surface area contributed by atoms with Crippen molar-refractivity contribution in [3.8, 4) is 0 Å². The minimum absolute atomic E-state index is 0.0374. The molecule has 20 heavy (non-hydrogen) atoms. The predicted molar refractivity (Wildman–Crippen MR) is 87.3 cm³/mol. The molecule has 0 saturated heterocycles. The van der Waals surface area contributed by atoms with E-state index in [0.29, 0.717) is 6.42 Å². The third-order valence-corrected chi connectivity index (χ3v) is 8.33. The van der Waals surface area contributed by atoms with E-state index in [0.717, 1.165) is 0 Å². The van der Waals surface area contributed by atoms with Crippen LogP contribution in [-0.2, 0) is 14.0 Å². The van der Waals surface area contributed by atoms with Crippen LogP contribution < -0.4 is 0 Å². The van der Waals surface area contributed by atoms with Crippen LogP contribution in [0.2, 0.25) is 18.1 Å². The SMILES string of the molecule is C=CCC(=O)O[C@@H](C=C)C[C@@H](C)O[Si](C)(C)C(C)(C)C. The zero-order chi connectivity index (χ0) is 16.0. The third-order valence-electron chi connectivity index (χ3n) is 3.72. The second kappa shape index (κ2) is 7.79. The second-order valence-electron chi connectivity index (χ2n) is 6.68. The zero-order valence-electron chi connectivity index (χ0n) is 13.9. The highest BCUT2D eigenvalue weighted by Crippen LogP contribution is 2.37. The van der Waals surface area contributed by atoms with Gasteiger partial charge in [0.05, 0.1) is 6.42 Å². The summed E-state index contributed by atoms with van der Waals surface area (Å²) in [5.41, 5.74) is 0. The fourth-order valence-corrected chi connectivity index (χ4v) is 3.04. The standard InChI is InChI=1S/C16H30O3Si/c1-9-11-15(17)18-14(10-2)12-13(3)19-20(7,8)16(4,5)6/h9-10,13-14H,1-2,11-12H2,3-8H3/t13-,14+/m1/s1. The molecule has 0 aromatic carbocycles. The van der Waals surface area contributed by atoms with Gasteiger partial charge in [-0.15, -0.1) is 6.58 Å². The molecule has 4 heteroatoms. The molecule has 3 nitrogen and oxygen atoms in total. The average molecular weight is 298 g/mol. The van der Waals surface area contributed by atoms with E-state index >= 15 is 0 Å². The van der Waals surface area contributed by atoms with Crippen LogP contribution in [0.15, 0.2) is 25.3 Å². The molecule has 0 N–H and O–H groups in total. The zero-order valence-corrected chi connectivity index (χ0v) is 14.9. The van der Waals surface area contributed by atoms with Crippen LogP contribution in [0, 0.1) is 0 Å². The molecule has 0 unspecified atom stereocenters. The summed E-state index contributed by atoms with van der Waals surface area (Å²) in [5, 5.41) is 0.171. The van der Waals surface area contributed by atoms with E-state index in [1.807, 2.05) is 6.92 Å². The van der Waals surface area contributed by atoms with Crippen LogP contribution in [-0.4, -0.2) is 26.5 Å². The summed E-state index contributed by atoms with van der Waals surface area (Å²) in [6.07, 6.45) is 3.79. The normalized spacial score (nSPS) is 15.3. The number of esters is 1. The monoisotopic (exact) mass is 298 g/mol. The van der Waals surface area contributed by atoms with Crippen molar-refractivity contribution in [2.75, 3.05) is 0 Å². The Hall–Kier alpha value is -0.873. The van der Waals surface area contributed by atoms with Gasteiger partial charge in [-0.25, -0.2) is 0 Å². The molecule has 0 aliphatic carbocycles. The van der Waals surface area contributed by atoms with Crippen molar-refractivity contribution >= 4 is 14.3 Å². The van der Waals surface area contributed by atoms with Gasteiger partial charge in [0.15, 0.2) is 8.32 Å². The number of rotatable bonds is 8. The van der Waals surface area contributed by atoms with Gasteiger partial charge in [0, 0.05) is 12.5 Å². The number of hydrogen-bond acceptors (Lipinski definition) is 3. The topological polar surface area (TPSA) is 35.5 Å². The number of hydrogen-bond donors (Lipinski definition) is 0. The van der Waals surface area contributed by atoms with E-state index in [2.05, 4.69) is 47.0 Å². The van der Waals surface area contributed by atoms with E-state index in [4.69, 9.17) is 9.16 Å². The molecule has 0 aliphatic heterocycles. The van der Waals surface area contributed by atoms with Gasteiger partial charge < -0.3 is 9.16 Å². The van der Waals surface area contributed by atoms with Crippen molar-refractivity contribution < 1.29 is 14.0 Å². The summed E-state index contributed by atoms with van der Waals surface area (Å²) in [7, 11) is -1.79. The molecule has 0 heterocycles. The van der Waals surface area contributed by atoms with Crippen molar-refractivity contribution in [2.45, 2.75) is 70.9 Å². The van der Waals surface area contributed by atoms with Crippen LogP contribution in [0.3, 0.4) is 0 Å². The average Bonchev–Trinajstić information content (AvgIpc) is 2.25. The highest BCUT2D eigenvalue weighted by atomic mass is 28.4. The molecule has 0 amide bonds. The van der Waals surface area contributed by atoms with E-state index in [9.17, 15) is 4.79 Å².